The van der Waals surface area contributed by atoms with Gasteiger partial charge in [-0.25, -0.2) is 0 Å². The van der Waals surface area contributed by atoms with Crippen molar-refractivity contribution in [1.82, 2.24) is 0 Å². The molecule has 6 heteroatoms. The van der Waals surface area contributed by atoms with E-state index >= 15 is 0 Å². The maximum atomic E-state index is 11.8. The van der Waals surface area contributed by atoms with Crippen LogP contribution in [0.15, 0.2) is 0 Å². The minimum absolute atomic E-state index is 0.0158. The second-order valence-corrected chi connectivity index (χ2v) is 8.82. The molecule has 0 aromatic carbocycles. The molecule has 0 aliphatic heterocycles. The molecular formula is C27H54O6. The van der Waals surface area contributed by atoms with Crippen LogP contribution in [0.4, 0.5) is 0 Å². The lowest BCUT2D eigenvalue weighted by atomic mass is 10.1. The first kappa shape index (κ1) is 32.3. The average molecular weight is 475 g/mol. The van der Waals surface area contributed by atoms with Crippen molar-refractivity contribution in [3.63, 3.8) is 0 Å². The van der Waals surface area contributed by atoms with Crippen LogP contribution in [0.25, 0.3) is 0 Å². The van der Waals surface area contributed by atoms with Gasteiger partial charge in [0.2, 0.25) is 0 Å². The zero-order chi connectivity index (χ0) is 24.2. The van der Waals surface area contributed by atoms with E-state index in [0.29, 0.717) is 59.1 Å². The summed E-state index contributed by atoms with van der Waals surface area (Å²) < 4.78 is 27.5. The van der Waals surface area contributed by atoms with E-state index in [1.807, 2.05) is 6.92 Å². The van der Waals surface area contributed by atoms with E-state index in [2.05, 4.69) is 13.8 Å². The third-order valence-corrected chi connectivity index (χ3v) is 5.47. The Hall–Kier alpha value is -0.690. The van der Waals surface area contributed by atoms with Gasteiger partial charge in [-0.05, 0) is 32.6 Å². The molecule has 6 nitrogen and oxygen atoms in total. The van der Waals surface area contributed by atoms with E-state index in [-0.39, 0.29) is 12.1 Å². The van der Waals surface area contributed by atoms with Gasteiger partial charge in [0.1, 0.15) is 0 Å². The third-order valence-electron chi connectivity index (χ3n) is 5.47. The fraction of sp³-hybridized carbons (Fsp3) is 0.963. The van der Waals surface area contributed by atoms with Gasteiger partial charge in [-0.1, -0.05) is 71.6 Å². The van der Waals surface area contributed by atoms with Crippen molar-refractivity contribution in [2.24, 2.45) is 0 Å². The van der Waals surface area contributed by atoms with Crippen LogP contribution in [0.2, 0.25) is 0 Å². The van der Waals surface area contributed by atoms with Gasteiger partial charge in [0.15, 0.2) is 0 Å². The van der Waals surface area contributed by atoms with Gasteiger partial charge in [-0.3, -0.25) is 4.79 Å². The van der Waals surface area contributed by atoms with Crippen molar-refractivity contribution in [2.75, 3.05) is 52.9 Å². The Labute approximate surface area is 204 Å². The maximum absolute atomic E-state index is 11.8. The summed E-state index contributed by atoms with van der Waals surface area (Å²) in [6.07, 6.45) is 16.1. The molecule has 1 unspecified atom stereocenters. The highest BCUT2D eigenvalue weighted by molar-refractivity contribution is 5.69. The molecule has 1 atom stereocenters. The smallest absolute Gasteiger partial charge is 0.306 e. The van der Waals surface area contributed by atoms with Crippen molar-refractivity contribution >= 4 is 5.97 Å². The molecule has 0 aromatic heterocycles. The highest BCUT2D eigenvalue weighted by Gasteiger charge is 2.08. The van der Waals surface area contributed by atoms with E-state index in [1.54, 1.807) is 0 Å². The van der Waals surface area contributed by atoms with Crippen molar-refractivity contribution < 1.29 is 28.5 Å². The molecule has 0 bridgehead atoms. The summed E-state index contributed by atoms with van der Waals surface area (Å²) in [5, 5.41) is 0. The lowest BCUT2D eigenvalue weighted by Crippen LogP contribution is -2.15. The summed E-state index contributed by atoms with van der Waals surface area (Å²) in [5.74, 6) is -0.127. The normalized spacial score (nSPS) is 12.2. The molecule has 33 heavy (non-hydrogen) atoms. The second-order valence-electron chi connectivity index (χ2n) is 8.82. The first-order valence-corrected chi connectivity index (χ1v) is 13.7. The van der Waals surface area contributed by atoms with Gasteiger partial charge in [-0.15, -0.1) is 0 Å². The molecule has 0 fully saturated rings. The first-order valence-electron chi connectivity index (χ1n) is 13.7. The van der Waals surface area contributed by atoms with E-state index in [0.717, 1.165) is 25.9 Å². The Bertz CT molecular complexity index is 391. The Kier molecular flexibility index (Phi) is 27.0. The van der Waals surface area contributed by atoms with E-state index < -0.39 is 0 Å². The fourth-order valence-corrected chi connectivity index (χ4v) is 3.44. The van der Waals surface area contributed by atoms with Gasteiger partial charge >= 0.3 is 5.97 Å². The molecule has 0 N–H and O–H groups in total. The van der Waals surface area contributed by atoms with Crippen LogP contribution in [0.3, 0.4) is 0 Å². The number of hydrogen-bond donors (Lipinski definition) is 0. The van der Waals surface area contributed by atoms with Crippen molar-refractivity contribution in [1.29, 1.82) is 0 Å². The average Bonchev–Trinajstić information content (AvgIpc) is 2.80. The summed E-state index contributed by atoms with van der Waals surface area (Å²) in [6.45, 7) is 11.3. The minimum atomic E-state index is -0.127. The van der Waals surface area contributed by atoms with Crippen LogP contribution in [0, 0.1) is 0 Å². The minimum Gasteiger partial charge on any atom is -0.463 e. The Morgan fingerprint density at radius 3 is 1.52 bits per heavy atom. The molecule has 0 saturated carbocycles. The van der Waals surface area contributed by atoms with Gasteiger partial charge in [0.05, 0.1) is 45.7 Å². The lowest BCUT2D eigenvalue weighted by molar-refractivity contribution is -0.149. The monoisotopic (exact) mass is 474 g/mol. The largest absolute Gasteiger partial charge is 0.463 e. The molecule has 0 amide bonds. The lowest BCUT2D eigenvalue weighted by Gasteiger charge is -2.13. The maximum Gasteiger partial charge on any atom is 0.306 e. The number of hydrogen-bond acceptors (Lipinski definition) is 6. The Morgan fingerprint density at radius 1 is 0.545 bits per heavy atom. The first-order chi connectivity index (χ1) is 16.2. The van der Waals surface area contributed by atoms with Crippen LogP contribution in [0.5, 0.6) is 0 Å². The molecular weight excluding hydrogens is 420 g/mol. The van der Waals surface area contributed by atoms with E-state index in [1.165, 1.54) is 57.8 Å². The molecule has 0 saturated heterocycles. The molecule has 0 aromatic rings. The zero-order valence-electron chi connectivity index (χ0n) is 22.1. The molecule has 0 aliphatic rings. The molecule has 0 spiro atoms. The number of esters is 1. The van der Waals surface area contributed by atoms with Gasteiger partial charge in [0.25, 0.3) is 0 Å². The van der Waals surface area contributed by atoms with Crippen LogP contribution < -0.4 is 0 Å². The summed E-state index contributed by atoms with van der Waals surface area (Å²) in [7, 11) is 0. The predicted octanol–water partition coefficient (Wildman–Crippen LogP) is 6.49. The number of carbonyl (C=O) groups is 1. The summed E-state index contributed by atoms with van der Waals surface area (Å²) >= 11 is 0. The third kappa shape index (κ3) is 27.4. The van der Waals surface area contributed by atoms with Crippen LogP contribution >= 0.6 is 0 Å². The molecule has 0 rings (SSSR count). The van der Waals surface area contributed by atoms with Gasteiger partial charge < -0.3 is 23.7 Å². The van der Waals surface area contributed by atoms with Crippen LogP contribution in [0.1, 0.15) is 111 Å². The predicted molar refractivity (Wildman–Crippen MR) is 135 cm³/mol. The number of unbranched alkanes of at least 4 members (excludes halogenated alkanes) is 9. The van der Waals surface area contributed by atoms with Crippen molar-refractivity contribution in [2.45, 2.75) is 117 Å². The van der Waals surface area contributed by atoms with Crippen LogP contribution in [-0.2, 0) is 28.5 Å². The molecule has 0 aliphatic carbocycles. The zero-order valence-corrected chi connectivity index (χ0v) is 22.1. The van der Waals surface area contributed by atoms with Gasteiger partial charge in [-0.2, -0.15) is 0 Å². The molecule has 198 valence electrons. The fourth-order valence-electron chi connectivity index (χ4n) is 3.44. The number of rotatable bonds is 27. The number of ether oxygens (including phenoxy) is 5. The van der Waals surface area contributed by atoms with Crippen molar-refractivity contribution in [3.05, 3.63) is 0 Å². The topological polar surface area (TPSA) is 63.2 Å². The molecule has 0 heterocycles. The second kappa shape index (κ2) is 27.6. The standard InChI is InChI=1S/C27H54O6/c1-4-6-8-9-10-11-12-14-18-29-20-22-31-24-25-32-23-21-30-19-15-17-27(28)33-26(3)16-13-7-5-2/h26H,4-25H2,1-3H3. The quantitative estimate of drug-likeness (QED) is 0.100. The SMILES string of the molecule is CCCCCCCCCCOCCOCCOCCOCCCC(=O)OC(C)CCCCC. The van der Waals surface area contributed by atoms with Crippen molar-refractivity contribution in [3.8, 4) is 0 Å². The summed E-state index contributed by atoms with van der Waals surface area (Å²) in [5.41, 5.74) is 0. The summed E-state index contributed by atoms with van der Waals surface area (Å²) in [4.78, 5) is 11.8. The van der Waals surface area contributed by atoms with Crippen LogP contribution in [-0.4, -0.2) is 64.9 Å². The highest BCUT2D eigenvalue weighted by Crippen LogP contribution is 2.09. The Morgan fingerprint density at radius 2 is 0.970 bits per heavy atom. The summed E-state index contributed by atoms with van der Waals surface area (Å²) in [6, 6.07) is 0. The van der Waals surface area contributed by atoms with Gasteiger partial charge in [0, 0.05) is 19.6 Å². The molecule has 0 radical (unpaired) electrons. The van der Waals surface area contributed by atoms with E-state index in [9.17, 15) is 4.79 Å². The highest BCUT2D eigenvalue weighted by atomic mass is 16.6. The van der Waals surface area contributed by atoms with E-state index in [4.69, 9.17) is 23.7 Å². The Balaban J connectivity index is 3.16. The number of carbonyl (C=O) groups excluding carboxylic acids is 1.